The Labute approximate surface area is 152 Å². The normalized spacial score (nSPS) is 19.4. The molecular formula is C20H21ClN2O2. The summed E-state index contributed by atoms with van der Waals surface area (Å²) in [6.07, 6.45) is 7.11. The van der Waals surface area contributed by atoms with Crippen LogP contribution >= 0.6 is 11.6 Å². The number of hydrogen-bond donors (Lipinski definition) is 0. The Morgan fingerprint density at radius 1 is 1.24 bits per heavy atom. The Morgan fingerprint density at radius 3 is 2.80 bits per heavy atom. The first-order chi connectivity index (χ1) is 12.1. The fourth-order valence-electron chi connectivity index (χ4n) is 3.76. The number of pyridine rings is 1. The maximum absolute atomic E-state index is 12.8. The topological polar surface area (TPSA) is 42.4 Å². The number of rotatable bonds is 2. The van der Waals surface area contributed by atoms with Crippen molar-refractivity contribution >= 4 is 17.5 Å². The van der Waals surface area contributed by atoms with E-state index in [1.807, 2.05) is 36.2 Å². The fourth-order valence-corrected chi connectivity index (χ4v) is 4.00. The molecule has 0 bridgehead atoms. The number of likely N-dealkylation sites (tertiary alicyclic amines) is 1. The number of halogens is 1. The highest BCUT2D eigenvalue weighted by Crippen LogP contribution is 2.42. The Hall–Kier alpha value is -2.07. The van der Waals surface area contributed by atoms with Gasteiger partial charge in [-0.1, -0.05) is 11.6 Å². The molecule has 1 saturated heterocycles. The highest BCUT2D eigenvalue weighted by molar-refractivity contribution is 6.31. The van der Waals surface area contributed by atoms with Gasteiger partial charge in [0.25, 0.3) is 5.91 Å². The quantitative estimate of drug-likeness (QED) is 0.816. The third kappa shape index (κ3) is 3.11. The second-order valence-electron chi connectivity index (χ2n) is 6.83. The van der Waals surface area contributed by atoms with Crippen LogP contribution in [0.2, 0.25) is 5.02 Å². The summed E-state index contributed by atoms with van der Waals surface area (Å²) in [5.74, 6) is 0.887. The number of aromatic nitrogens is 1. The lowest BCUT2D eigenvalue weighted by Crippen LogP contribution is -2.43. The van der Waals surface area contributed by atoms with E-state index >= 15 is 0 Å². The standard InChI is InChI=1S/C20H21ClN2O2/c1-13-12-22-6-5-16(13)17-11-15(21)9-14-10-18(25-19(14)17)20(24)23-7-3-2-4-8-23/h5-6,9,11-12,18H,2-4,7-8,10H2,1H3. The lowest BCUT2D eigenvalue weighted by atomic mass is 9.98. The van der Waals surface area contributed by atoms with E-state index < -0.39 is 6.10 Å². The molecule has 0 radical (unpaired) electrons. The number of ether oxygens (including phenoxy) is 1. The molecule has 0 spiro atoms. The zero-order chi connectivity index (χ0) is 17.4. The van der Waals surface area contributed by atoms with Crippen LogP contribution in [0.3, 0.4) is 0 Å². The van der Waals surface area contributed by atoms with Gasteiger partial charge in [-0.3, -0.25) is 9.78 Å². The number of fused-ring (bicyclic) bond motifs is 1. The van der Waals surface area contributed by atoms with E-state index in [-0.39, 0.29) is 5.91 Å². The van der Waals surface area contributed by atoms with E-state index in [0.717, 1.165) is 53.9 Å². The van der Waals surface area contributed by atoms with Crippen molar-refractivity contribution in [2.45, 2.75) is 38.7 Å². The van der Waals surface area contributed by atoms with Crippen molar-refractivity contribution in [3.05, 3.63) is 46.7 Å². The maximum atomic E-state index is 12.8. The number of hydrogen-bond acceptors (Lipinski definition) is 3. The average molecular weight is 357 g/mol. The summed E-state index contributed by atoms with van der Waals surface area (Å²) in [5.41, 5.74) is 4.05. The zero-order valence-corrected chi connectivity index (χ0v) is 15.1. The van der Waals surface area contributed by atoms with E-state index in [2.05, 4.69) is 4.98 Å². The molecule has 1 atom stereocenters. The maximum Gasteiger partial charge on any atom is 0.263 e. The molecule has 130 valence electrons. The molecule has 4 rings (SSSR count). The van der Waals surface area contributed by atoms with Crippen molar-refractivity contribution in [3.63, 3.8) is 0 Å². The molecule has 0 saturated carbocycles. The molecule has 1 unspecified atom stereocenters. The molecule has 0 aliphatic carbocycles. The van der Waals surface area contributed by atoms with Crippen molar-refractivity contribution in [3.8, 4) is 16.9 Å². The summed E-state index contributed by atoms with van der Waals surface area (Å²) < 4.78 is 6.15. The molecule has 5 heteroatoms. The molecule has 2 aliphatic rings. The summed E-state index contributed by atoms with van der Waals surface area (Å²) in [5, 5.41) is 0.666. The van der Waals surface area contributed by atoms with E-state index in [4.69, 9.17) is 16.3 Å². The Balaban J connectivity index is 1.66. The smallest absolute Gasteiger partial charge is 0.263 e. The van der Waals surface area contributed by atoms with Crippen LogP contribution in [0.15, 0.2) is 30.6 Å². The largest absolute Gasteiger partial charge is 0.479 e. The zero-order valence-electron chi connectivity index (χ0n) is 14.3. The third-order valence-electron chi connectivity index (χ3n) is 5.05. The Kier molecular flexibility index (Phi) is 4.38. The van der Waals surface area contributed by atoms with Crippen LogP contribution < -0.4 is 4.74 Å². The first kappa shape index (κ1) is 16.4. The van der Waals surface area contributed by atoms with Gasteiger partial charge in [-0.05, 0) is 55.5 Å². The lowest BCUT2D eigenvalue weighted by Gasteiger charge is -2.28. The molecule has 0 N–H and O–H groups in total. The number of carbonyl (C=O) groups excluding carboxylic acids is 1. The highest BCUT2D eigenvalue weighted by Gasteiger charge is 2.34. The van der Waals surface area contributed by atoms with Crippen LogP contribution in [0.25, 0.3) is 11.1 Å². The number of benzene rings is 1. The molecule has 2 aliphatic heterocycles. The van der Waals surface area contributed by atoms with Gasteiger partial charge >= 0.3 is 0 Å². The SMILES string of the molecule is Cc1cnccc1-c1cc(Cl)cc2c1OC(C(=O)N1CCCCC1)C2. The van der Waals surface area contributed by atoms with Gasteiger partial charge in [-0.15, -0.1) is 0 Å². The predicted molar refractivity (Wildman–Crippen MR) is 98.0 cm³/mol. The predicted octanol–water partition coefficient (Wildman–Crippen LogP) is 4.03. The summed E-state index contributed by atoms with van der Waals surface area (Å²) in [6, 6.07) is 5.79. The highest BCUT2D eigenvalue weighted by atomic mass is 35.5. The number of carbonyl (C=O) groups is 1. The molecule has 1 fully saturated rings. The fraction of sp³-hybridized carbons (Fsp3) is 0.400. The molecule has 4 nitrogen and oxygen atoms in total. The lowest BCUT2D eigenvalue weighted by molar-refractivity contribution is -0.138. The van der Waals surface area contributed by atoms with Crippen LogP contribution in [0, 0.1) is 6.92 Å². The number of aryl methyl sites for hydroxylation is 1. The van der Waals surface area contributed by atoms with Crippen LogP contribution in [0.4, 0.5) is 0 Å². The minimum Gasteiger partial charge on any atom is -0.479 e. The molecule has 2 aromatic rings. The minimum atomic E-state index is -0.438. The van der Waals surface area contributed by atoms with Crippen LogP contribution in [-0.2, 0) is 11.2 Å². The van der Waals surface area contributed by atoms with Crippen LogP contribution in [0.1, 0.15) is 30.4 Å². The van der Waals surface area contributed by atoms with Gasteiger partial charge in [0.1, 0.15) is 5.75 Å². The van der Waals surface area contributed by atoms with E-state index in [0.29, 0.717) is 11.4 Å². The van der Waals surface area contributed by atoms with Gasteiger partial charge in [0, 0.05) is 48.1 Å². The number of amides is 1. The Morgan fingerprint density at radius 2 is 2.04 bits per heavy atom. The number of nitrogens with zero attached hydrogens (tertiary/aromatic N) is 2. The van der Waals surface area contributed by atoms with Crippen molar-refractivity contribution in [1.29, 1.82) is 0 Å². The summed E-state index contributed by atoms with van der Waals surface area (Å²) >= 11 is 6.34. The van der Waals surface area contributed by atoms with Crippen molar-refractivity contribution in [2.75, 3.05) is 13.1 Å². The molecule has 3 heterocycles. The van der Waals surface area contributed by atoms with E-state index in [1.54, 1.807) is 6.20 Å². The van der Waals surface area contributed by atoms with Crippen LogP contribution in [0.5, 0.6) is 5.75 Å². The van der Waals surface area contributed by atoms with Gasteiger partial charge in [0.2, 0.25) is 0 Å². The summed E-state index contributed by atoms with van der Waals surface area (Å²) in [6.45, 7) is 3.69. The molecule has 1 amide bonds. The van der Waals surface area contributed by atoms with Crippen molar-refractivity contribution in [2.24, 2.45) is 0 Å². The second-order valence-corrected chi connectivity index (χ2v) is 7.27. The second kappa shape index (κ2) is 6.68. The van der Waals surface area contributed by atoms with Gasteiger partial charge in [0.05, 0.1) is 0 Å². The van der Waals surface area contributed by atoms with E-state index in [9.17, 15) is 4.79 Å². The summed E-state index contributed by atoms with van der Waals surface area (Å²) in [7, 11) is 0. The van der Waals surface area contributed by atoms with Crippen LogP contribution in [-0.4, -0.2) is 35.0 Å². The van der Waals surface area contributed by atoms with Gasteiger partial charge < -0.3 is 9.64 Å². The van der Waals surface area contributed by atoms with Gasteiger partial charge in [0.15, 0.2) is 6.10 Å². The Bertz CT molecular complexity index is 815. The van der Waals surface area contributed by atoms with Crippen molar-refractivity contribution < 1.29 is 9.53 Å². The first-order valence-electron chi connectivity index (χ1n) is 8.82. The summed E-state index contributed by atoms with van der Waals surface area (Å²) in [4.78, 5) is 18.9. The van der Waals surface area contributed by atoms with Gasteiger partial charge in [-0.25, -0.2) is 0 Å². The molecule has 1 aromatic heterocycles. The minimum absolute atomic E-state index is 0.101. The van der Waals surface area contributed by atoms with Gasteiger partial charge in [-0.2, -0.15) is 0 Å². The molecule has 25 heavy (non-hydrogen) atoms. The first-order valence-corrected chi connectivity index (χ1v) is 9.20. The molecular weight excluding hydrogens is 336 g/mol. The molecule has 1 aromatic carbocycles. The average Bonchev–Trinajstić information content (AvgIpc) is 3.05. The van der Waals surface area contributed by atoms with Crippen molar-refractivity contribution in [1.82, 2.24) is 9.88 Å². The van der Waals surface area contributed by atoms with E-state index in [1.165, 1.54) is 6.42 Å². The monoisotopic (exact) mass is 356 g/mol. The number of piperidine rings is 1. The third-order valence-corrected chi connectivity index (χ3v) is 5.27.